The minimum Gasteiger partial charge on any atom is -0.388 e. The van der Waals surface area contributed by atoms with E-state index in [1.807, 2.05) is 6.92 Å². The van der Waals surface area contributed by atoms with Gasteiger partial charge in [-0.25, -0.2) is 4.79 Å². The summed E-state index contributed by atoms with van der Waals surface area (Å²) in [5, 5.41) is 30.2. The van der Waals surface area contributed by atoms with Crippen LogP contribution in [0.1, 0.15) is 58.9 Å². The number of rotatable bonds is 8. The smallest absolute Gasteiger partial charge is 0.359 e. The van der Waals surface area contributed by atoms with E-state index >= 15 is 0 Å². The summed E-state index contributed by atoms with van der Waals surface area (Å²) in [5.41, 5.74) is -0.705. The topological polar surface area (TPSA) is 167 Å². The highest BCUT2D eigenvalue weighted by Crippen LogP contribution is 2.59. The van der Waals surface area contributed by atoms with E-state index in [4.69, 9.17) is 9.26 Å². The van der Waals surface area contributed by atoms with Crippen molar-refractivity contribution in [2.75, 3.05) is 0 Å². The van der Waals surface area contributed by atoms with Gasteiger partial charge < -0.3 is 34.5 Å². The highest BCUT2D eigenvalue weighted by atomic mass is 31.2. The third-order valence-corrected chi connectivity index (χ3v) is 8.50. The lowest BCUT2D eigenvalue weighted by Gasteiger charge is -2.37. The Bertz CT molecular complexity index is 1080. The van der Waals surface area contributed by atoms with Crippen molar-refractivity contribution in [2.24, 2.45) is 0 Å². The number of nitrogens with zero attached hydrogens (tertiary/aromatic N) is 2. The number of hydrogen-bond donors (Lipinski definition) is 5. The molecule has 2 aromatic rings. The van der Waals surface area contributed by atoms with E-state index in [9.17, 15) is 29.6 Å². The van der Waals surface area contributed by atoms with Crippen LogP contribution in [0.15, 0.2) is 17.1 Å². The molecule has 2 unspecified atom stereocenters. The monoisotopic (exact) mass is 473 g/mol. The predicted octanol–water partition coefficient (Wildman–Crippen LogP) is 1.53. The molecule has 0 bridgehead atoms. The van der Waals surface area contributed by atoms with E-state index in [1.54, 1.807) is 26.8 Å². The molecule has 2 aromatic heterocycles. The zero-order chi connectivity index (χ0) is 24.1. The molecule has 5 N–H and O–H groups in total. The maximum atomic E-state index is 12.7. The summed E-state index contributed by atoms with van der Waals surface area (Å²) in [6.07, 6.45) is -3.31. The van der Waals surface area contributed by atoms with Crippen LogP contribution in [0, 0.1) is 6.92 Å². The third-order valence-electron chi connectivity index (χ3n) is 6.28. The van der Waals surface area contributed by atoms with Gasteiger partial charge in [0, 0.05) is 23.7 Å². The van der Waals surface area contributed by atoms with Crippen molar-refractivity contribution in [1.82, 2.24) is 14.5 Å². The molecule has 0 aliphatic carbocycles. The van der Waals surface area contributed by atoms with Gasteiger partial charge >= 0.3 is 13.3 Å². The minimum atomic E-state index is -4.44. The number of aromatic amines is 1. The summed E-state index contributed by atoms with van der Waals surface area (Å²) in [7, 11) is -4.44. The van der Waals surface area contributed by atoms with Crippen LogP contribution in [-0.4, -0.2) is 64.0 Å². The Labute approximate surface area is 185 Å². The maximum Gasteiger partial charge on any atom is 0.359 e. The van der Waals surface area contributed by atoms with Gasteiger partial charge in [0.1, 0.15) is 17.9 Å². The van der Waals surface area contributed by atoms with E-state index in [1.165, 1.54) is 13.1 Å². The van der Waals surface area contributed by atoms with Gasteiger partial charge in [-0.15, -0.1) is 0 Å². The van der Waals surface area contributed by atoms with Crippen LogP contribution in [0.5, 0.6) is 0 Å². The van der Waals surface area contributed by atoms with Gasteiger partial charge in [0.05, 0.1) is 11.7 Å². The van der Waals surface area contributed by atoms with E-state index in [2.05, 4.69) is 9.97 Å². The first-order chi connectivity index (χ1) is 14.7. The molecule has 3 heterocycles. The number of nitrogens with one attached hydrogen (secondary N) is 1. The Balaban J connectivity index is 1.85. The first kappa shape index (κ1) is 25.0. The zero-order valence-corrected chi connectivity index (χ0v) is 19.7. The van der Waals surface area contributed by atoms with Gasteiger partial charge in [-0.2, -0.15) is 4.98 Å². The fourth-order valence-corrected chi connectivity index (χ4v) is 5.12. The Morgan fingerprint density at radius 1 is 1.28 bits per heavy atom. The van der Waals surface area contributed by atoms with Crippen molar-refractivity contribution in [2.45, 2.75) is 89.4 Å². The molecule has 1 aliphatic heterocycles. The number of aromatic nitrogens is 3. The fourth-order valence-electron chi connectivity index (χ4n) is 3.72. The molecule has 32 heavy (non-hydrogen) atoms. The van der Waals surface area contributed by atoms with E-state index in [-0.39, 0.29) is 19.3 Å². The molecule has 0 amide bonds. The van der Waals surface area contributed by atoms with Crippen LogP contribution in [0.3, 0.4) is 0 Å². The van der Waals surface area contributed by atoms with Crippen LogP contribution >= 0.6 is 7.60 Å². The van der Waals surface area contributed by atoms with Gasteiger partial charge in [-0.1, -0.05) is 13.8 Å². The zero-order valence-electron chi connectivity index (χ0n) is 18.8. The Morgan fingerprint density at radius 3 is 2.53 bits per heavy atom. The molecule has 1 aliphatic rings. The molecule has 1 saturated heterocycles. The first-order valence-corrected chi connectivity index (χ1v) is 12.2. The Morgan fingerprint density at radius 2 is 1.94 bits per heavy atom. The fraction of sp³-hybridized carbons (Fsp3) is 0.700. The molecule has 0 radical (unpaired) electrons. The molecule has 0 aromatic carbocycles. The average molecular weight is 473 g/mol. The lowest BCUT2D eigenvalue weighted by atomic mass is 9.93. The van der Waals surface area contributed by atoms with Crippen molar-refractivity contribution in [1.29, 1.82) is 0 Å². The van der Waals surface area contributed by atoms with Crippen LogP contribution in [0.25, 0.3) is 11.0 Å². The number of aryl methyl sites for hydroxylation is 1. The van der Waals surface area contributed by atoms with E-state index in [0.29, 0.717) is 11.0 Å². The lowest BCUT2D eigenvalue weighted by molar-refractivity contribution is -0.0712. The summed E-state index contributed by atoms with van der Waals surface area (Å²) in [6, 6.07) is 1.79. The quantitative estimate of drug-likeness (QED) is 0.357. The summed E-state index contributed by atoms with van der Waals surface area (Å²) in [5.74, 6) is 0. The van der Waals surface area contributed by atoms with Gasteiger partial charge in [-0.05, 0) is 39.7 Å². The van der Waals surface area contributed by atoms with Crippen molar-refractivity contribution in [3.63, 3.8) is 0 Å². The Kier molecular flexibility index (Phi) is 6.76. The molecule has 11 nitrogen and oxygen atoms in total. The van der Waals surface area contributed by atoms with Crippen molar-refractivity contribution < 1.29 is 34.0 Å². The largest absolute Gasteiger partial charge is 0.388 e. The maximum absolute atomic E-state index is 12.7. The highest BCUT2D eigenvalue weighted by molar-refractivity contribution is 7.54. The number of hydrogen-bond acceptors (Lipinski definition) is 8. The first-order valence-electron chi connectivity index (χ1n) is 10.6. The number of aliphatic hydroxyl groups excluding tert-OH is 2. The number of fused-ring (bicyclic) bond motifs is 1. The molecule has 1 fully saturated rings. The summed E-state index contributed by atoms with van der Waals surface area (Å²) < 4.78 is 25.1. The van der Waals surface area contributed by atoms with Crippen molar-refractivity contribution in [3.8, 4) is 0 Å². The lowest BCUT2D eigenvalue weighted by Crippen LogP contribution is -2.40. The second-order valence-corrected chi connectivity index (χ2v) is 11.1. The van der Waals surface area contributed by atoms with Crippen molar-refractivity contribution >= 4 is 18.6 Å². The van der Waals surface area contributed by atoms with Gasteiger partial charge in [0.2, 0.25) is 0 Å². The predicted molar refractivity (Wildman–Crippen MR) is 116 cm³/mol. The SMILES string of the molecule is CCC(C)(C[C@H]1O[C@@H](n2cc3cc(C)[nH]c3nc2=O)[C@H](O)[C@@H]1O)OP(=O)(O)[C@@](C)(O)CC. The van der Waals surface area contributed by atoms with E-state index < -0.39 is 48.8 Å². The molecule has 7 atom stereocenters. The van der Waals surface area contributed by atoms with Gasteiger partial charge in [0.15, 0.2) is 11.6 Å². The van der Waals surface area contributed by atoms with Crippen LogP contribution < -0.4 is 5.69 Å². The summed E-state index contributed by atoms with van der Waals surface area (Å²) in [4.78, 5) is 29.8. The van der Waals surface area contributed by atoms with Gasteiger partial charge in [0.25, 0.3) is 0 Å². The second kappa shape index (κ2) is 8.64. The molecule has 3 rings (SSSR count). The number of ether oxygens (including phenoxy) is 1. The van der Waals surface area contributed by atoms with Gasteiger partial charge in [-0.3, -0.25) is 9.13 Å². The summed E-state index contributed by atoms with van der Waals surface area (Å²) >= 11 is 0. The van der Waals surface area contributed by atoms with Crippen LogP contribution in [-0.2, 0) is 13.8 Å². The second-order valence-electron chi connectivity index (χ2n) is 8.92. The molecule has 0 spiro atoms. The molecular formula is C20H32N3O8P. The highest BCUT2D eigenvalue weighted by Gasteiger charge is 2.50. The molecule has 0 saturated carbocycles. The molecule has 180 valence electrons. The number of H-pyrrole nitrogens is 1. The minimum absolute atomic E-state index is 0.000930. The van der Waals surface area contributed by atoms with Crippen LogP contribution in [0.4, 0.5) is 0 Å². The standard InChI is InChI=1S/C20H32N3O8P/c1-6-19(4,31-32(28,29)20(5,27)7-2)9-13-14(24)15(25)17(30-13)23-10-12-8-11(3)21-16(12)22-18(23)26/h8,10,13-15,17,24-25,27H,6-7,9H2,1-5H3,(H,28,29)(H,21,22,26)/t13-,14-,15-,17-,19?,20-/m1/s1. The average Bonchev–Trinajstić information content (AvgIpc) is 3.19. The third kappa shape index (κ3) is 4.56. The summed E-state index contributed by atoms with van der Waals surface area (Å²) in [6.45, 7) is 7.91. The van der Waals surface area contributed by atoms with Crippen molar-refractivity contribution in [3.05, 3.63) is 28.4 Å². The normalized spacial score (nSPS) is 29.5. The molecular weight excluding hydrogens is 441 g/mol. The van der Waals surface area contributed by atoms with Crippen LogP contribution in [0.2, 0.25) is 0 Å². The number of aliphatic hydroxyl groups is 3. The van der Waals surface area contributed by atoms with E-state index in [0.717, 1.165) is 10.3 Å². The molecule has 12 heteroatoms. The Hall–Kier alpha value is -1.59.